The van der Waals surface area contributed by atoms with Crippen molar-refractivity contribution in [2.75, 3.05) is 0 Å². The zero-order valence-corrected chi connectivity index (χ0v) is 17.2. The Labute approximate surface area is 164 Å². The minimum atomic E-state index is -3.76. The highest BCUT2D eigenvalue weighted by molar-refractivity contribution is 7.89. The first-order valence-corrected chi connectivity index (χ1v) is 10.1. The van der Waals surface area contributed by atoms with Crippen LogP contribution >= 0.6 is 23.2 Å². The van der Waals surface area contributed by atoms with Gasteiger partial charge in [-0.3, -0.25) is 0 Å². The average Bonchev–Trinajstić information content (AvgIpc) is 2.50. The fourth-order valence-corrected chi connectivity index (χ4v) is 3.94. The summed E-state index contributed by atoms with van der Waals surface area (Å²) >= 11 is 12.3. The summed E-state index contributed by atoms with van der Waals surface area (Å²) < 4.78 is 30.3. The highest BCUT2D eigenvalue weighted by Gasteiger charge is 2.16. The molecular weight excluding hydrogens is 395 g/mol. The van der Waals surface area contributed by atoms with Crippen molar-refractivity contribution >= 4 is 39.4 Å². The Morgan fingerprint density at radius 1 is 1.12 bits per heavy atom. The second kappa shape index (κ2) is 8.29. The summed E-state index contributed by atoms with van der Waals surface area (Å²) in [6.07, 6.45) is 1.26. The van der Waals surface area contributed by atoms with Gasteiger partial charge in [0.15, 0.2) is 5.75 Å². The van der Waals surface area contributed by atoms with Crippen LogP contribution in [-0.2, 0) is 10.0 Å². The lowest BCUT2D eigenvalue weighted by Gasteiger charge is -2.13. The van der Waals surface area contributed by atoms with E-state index in [1.807, 2.05) is 20.8 Å². The molecule has 0 atom stereocenters. The number of nitrogens with zero attached hydrogens (tertiary/aromatic N) is 1. The second-order valence-corrected chi connectivity index (χ2v) is 8.55. The van der Waals surface area contributed by atoms with E-state index in [1.165, 1.54) is 6.21 Å². The lowest BCUT2D eigenvalue weighted by molar-refractivity contribution is 0.243. The Morgan fingerprint density at radius 3 is 2.27 bits per heavy atom. The van der Waals surface area contributed by atoms with E-state index in [4.69, 9.17) is 27.9 Å². The zero-order chi connectivity index (χ0) is 19.5. The van der Waals surface area contributed by atoms with Crippen molar-refractivity contribution in [2.24, 2.45) is 5.10 Å². The first-order chi connectivity index (χ1) is 12.1. The number of benzene rings is 2. The van der Waals surface area contributed by atoms with E-state index in [0.29, 0.717) is 26.9 Å². The zero-order valence-electron chi connectivity index (χ0n) is 14.9. The smallest absolute Gasteiger partial charge is 0.276 e. The Morgan fingerprint density at radius 2 is 1.73 bits per heavy atom. The summed E-state index contributed by atoms with van der Waals surface area (Å²) in [6.45, 7) is 7.36. The molecule has 8 heteroatoms. The van der Waals surface area contributed by atoms with Crippen molar-refractivity contribution < 1.29 is 13.2 Å². The highest BCUT2D eigenvalue weighted by atomic mass is 35.5. The van der Waals surface area contributed by atoms with Crippen molar-refractivity contribution in [3.63, 3.8) is 0 Å². The maximum absolute atomic E-state index is 12.4. The van der Waals surface area contributed by atoms with E-state index < -0.39 is 10.0 Å². The maximum Gasteiger partial charge on any atom is 0.276 e. The maximum atomic E-state index is 12.4. The number of hydrazone groups is 1. The van der Waals surface area contributed by atoms with Gasteiger partial charge in [-0.05, 0) is 57.0 Å². The van der Waals surface area contributed by atoms with Crippen molar-refractivity contribution in [1.82, 2.24) is 4.83 Å². The monoisotopic (exact) mass is 414 g/mol. The second-order valence-electron chi connectivity index (χ2n) is 6.10. The number of nitrogens with one attached hydrogen (secondary N) is 1. The molecule has 0 aromatic heterocycles. The van der Waals surface area contributed by atoms with Crippen molar-refractivity contribution in [3.8, 4) is 5.75 Å². The molecular formula is C18H20Cl2N2O3S. The van der Waals surface area contributed by atoms with Gasteiger partial charge in [0.25, 0.3) is 10.0 Å². The molecule has 0 heterocycles. The van der Waals surface area contributed by atoms with Gasteiger partial charge in [-0.1, -0.05) is 40.9 Å². The molecule has 0 aliphatic rings. The Hall–Kier alpha value is -1.76. The third-order valence-electron chi connectivity index (χ3n) is 3.38. The largest absolute Gasteiger partial charge is 0.488 e. The van der Waals surface area contributed by atoms with Gasteiger partial charge in [0.1, 0.15) is 0 Å². The molecule has 0 bridgehead atoms. The van der Waals surface area contributed by atoms with Crippen molar-refractivity contribution in [1.29, 1.82) is 0 Å². The summed E-state index contributed by atoms with van der Waals surface area (Å²) in [5.74, 6) is 0.386. The van der Waals surface area contributed by atoms with Gasteiger partial charge in [0, 0.05) is 0 Å². The summed E-state index contributed by atoms with van der Waals surface area (Å²) in [5.41, 5.74) is 2.17. The number of rotatable bonds is 6. The minimum Gasteiger partial charge on any atom is -0.488 e. The van der Waals surface area contributed by atoms with Crippen molar-refractivity contribution in [2.45, 2.75) is 38.7 Å². The van der Waals surface area contributed by atoms with Gasteiger partial charge in [-0.15, -0.1) is 0 Å². The number of sulfonamides is 1. The molecule has 2 aromatic carbocycles. The predicted molar refractivity (Wildman–Crippen MR) is 106 cm³/mol. The van der Waals surface area contributed by atoms with Gasteiger partial charge in [-0.2, -0.15) is 13.5 Å². The van der Waals surface area contributed by atoms with Gasteiger partial charge in [0.05, 0.1) is 27.3 Å². The molecule has 0 aliphatic carbocycles. The van der Waals surface area contributed by atoms with Crippen LogP contribution in [-0.4, -0.2) is 20.7 Å². The van der Waals surface area contributed by atoms with Crippen LogP contribution in [0.25, 0.3) is 0 Å². The van der Waals surface area contributed by atoms with Crippen LogP contribution in [0.15, 0.2) is 40.3 Å². The summed E-state index contributed by atoms with van der Waals surface area (Å²) in [4.78, 5) is 2.37. The van der Waals surface area contributed by atoms with Crippen LogP contribution in [0.4, 0.5) is 0 Å². The lowest BCUT2D eigenvalue weighted by atomic mass is 10.2. The molecule has 0 saturated carbocycles. The first kappa shape index (κ1) is 20.6. The van der Waals surface area contributed by atoms with Crippen molar-refractivity contribution in [3.05, 3.63) is 57.1 Å². The van der Waals surface area contributed by atoms with Crippen LogP contribution in [0.2, 0.25) is 10.0 Å². The summed E-state index contributed by atoms with van der Waals surface area (Å²) in [6, 6.07) is 8.28. The van der Waals surface area contributed by atoms with E-state index in [-0.39, 0.29) is 11.0 Å². The average molecular weight is 415 g/mol. The number of halogens is 2. The van der Waals surface area contributed by atoms with Crippen LogP contribution < -0.4 is 9.57 Å². The Bertz CT molecular complexity index is 918. The predicted octanol–water partition coefficient (Wildman–Crippen LogP) is 4.71. The summed E-state index contributed by atoms with van der Waals surface area (Å²) in [5, 5.41) is 4.45. The number of hydrogen-bond donors (Lipinski definition) is 1. The molecule has 140 valence electrons. The molecule has 26 heavy (non-hydrogen) atoms. The highest BCUT2D eigenvalue weighted by Crippen LogP contribution is 2.34. The molecule has 0 spiro atoms. The third-order valence-corrected chi connectivity index (χ3v) is 5.32. The van der Waals surface area contributed by atoms with E-state index in [0.717, 1.165) is 5.56 Å². The van der Waals surface area contributed by atoms with E-state index >= 15 is 0 Å². The van der Waals surface area contributed by atoms with Crippen LogP contribution in [0.5, 0.6) is 5.75 Å². The van der Waals surface area contributed by atoms with Crippen LogP contribution in [0.3, 0.4) is 0 Å². The minimum absolute atomic E-state index is 0.0749. The molecule has 2 rings (SSSR count). The van der Waals surface area contributed by atoms with Gasteiger partial charge in [-0.25, -0.2) is 4.83 Å². The molecule has 0 radical (unpaired) electrons. The lowest BCUT2D eigenvalue weighted by Crippen LogP contribution is -2.19. The molecule has 0 fully saturated rings. The van der Waals surface area contributed by atoms with E-state index in [1.54, 1.807) is 37.3 Å². The standard InChI is InChI=1S/C18H20Cl2N2O3S/c1-11(2)25-18-15(19)8-14(9-16(18)20)10-21-22-26(23,24)17-6-5-12(3)7-13(17)4/h5-11,22H,1-4H3/b21-10+. The SMILES string of the molecule is Cc1ccc(S(=O)(=O)N/N=C/c2cc(Cl)c(OC(C)C)c(Cl)c2)c(C)c1. The topological polar surface area (TPSA) is 67.8 Å². The van der Waals surface area contributed by atoms with Crippen LogP contribution in [0.1, 0.15) is 30.5 Å². The normalized spacial score (nSPS) is 12.0. The molecule has 0 unspecified atom stereocenters. The summed E-state index contributed by atoms with van der Waals surface area (Å²) in [7, 11) is -3.76. The Kier molecular flexibility index (Phi) is 6.55. The van der Waals surface area contributed by atoms with E-state index in [9.17, 15) is 8.42 Å². The molecule has 0 saturated heterocycles. The number of hydrogen-bond acceptors (Lipinski definition) is 4. The van der Waals surface area contributed by atoms with Gasteiger partial charge in [0.2, 0.25) is 0 Å². The third kappa shape index (κ3) is 5.13. The fraction of sp³-hybridized carbons (Fsp3) is 0.278. The first-order valence-electron chi connectivity index (χ1n) is 7.88. The molecule has 0 amide bonds. The number of aryl methyl sites for hydroxylation is 2. The molecule has 1 N–H and O–H groups in total. The molecule has 0 aliphatic heterocycles. The van der Waals surface area contributed by atoms with Gasteiger partial charge >= 0.3 is 0 Å². The quantitative estimate of drug-likeness (QED) is 0.549. The fourth-order valence-electron chi connectivity index (χ4n) is 2.32. The van der Waals surface area contributed by atoms with Gasteiger partial charge < -0.3 is 4.74 Å². The molecule has 2 aromatic rings. The molecule has 5 nitrogen and oxygen atoms in total. The van der Waals surface area contributed by atoms with E-state index in [2.05, 4.69) is 9.93 Å². The number of ether oxygens (including phenoxy) is 1. The Balaban J connectivity index is 2.20. The van der Waals surface area contributed by atoms with Crippen LogP contribution in [0, 0.1) is 13.8 Å².